The highest BCUT2D eigenvalue weighted by Gasteiger charge is 2.35. The van der Waals surface area contributed by atoms with Crippen molar-refractivity contribution in [3.05, 3.63) is 89.7 Å². The lowest BCUT2D eigenvalue weighted by Crippen LogP contribution is -2.50. The van der Waals surface area contributed by atoms with Gasteiger partial charge in [-0.1, -0.05) is 36.4 Å². The Morgan fingerprint density at radius 3 is 2.34 bits per heavy atom. The smallest absolute Gasteiger partial charge is 0.410 e. The number of ether oxygens (including phenoxy) is 1. The van der Waals surface area contributed by atoms with Crippen LogP contribution in [-0.4, -0.2) is 78.8 Å². The second-order valence-electron chi connectivity index (χ2n) is 12.0. The summed E-state index contributed by atoms with van der Waals surface area (Å²) in [6.45, 7) is 8.66. The molecule has 3 amide bonds. The number of nitrogens with one attached hydrogen (secondary N) is 1. The summed E-state index contributed by atoms with van der Waals surface area (Å²) in [6, 6.07) is 21.0. The molecule has 1 N–H and O–H groups in total. The molecule has 2 aliphatic rings. The van der Waals surface area contributed by atoms with Gasteiger partial charge in [-0.05, 0) is 68.3 Å². The fourth-order valence-electron chi connectivity index (χ4n) is 5.35. The molecular weight excluding hydrogens is 561 g/mol. The highest BCUT2D eigenvalue weighted by Crippen LogP contribution is 2.37. The first kappa shape index (κ1) is 30.9. The van der Waals surface area contributed by atoms with Gasteiger partial charge in [0.1, 0.15) is 17.3 Å². The number of rotatable bonds is 7. The summed E-state index contributed by atoms with van der Waals surface area (Å²) in [7, 11) is 1.75. The molecule has 0 aromatic heterocycles. The minimum absolute atomic E-state index is 0.0211. The second kappa shape index (κ2) is 13.0. The molecule has 2 aliphatic heterocycles. The van der Waals surface area contributed by atoms with Crippen molar-refractivity contribution in [2.45, 2.75) is 38.7 Å². The number of carbonyl (C=O) groups excluding carboxylic acids is 3. The zero-order valence-corrected chi connectivity index (χ0v) is 25.5. The van der Waals surface area contributed by atoms with Gasteiger partial charge in [0, 0.05) is 57.6 Å². The minimum atomic E-state index is -0.692. The maximum Gasteiger partial charge on any atom is 0.410 e. The fraction of sp³-hybridized carbons (Fsp3) is 0.353. The summed E-state index contributed by atoms with van der Waals surface area (Å²) in [5.41, 5.74) is 3.28. The monoisotopic (exact) mass is 599 g/mol. The molecule has 0 spiro atoms. The van der Waals surface area contributed by atoms with Crippen LogP contribution in [0.3, 0.4) is 0 Å². The Labute approximate surface area is 257 Å². The van der Waals surface area contributed by atoms with Crippen molar-refractivity contribution >= 4 is 40.7 Å². The molecule has 3 aromatic carbocycles. The van der Waals surface area contributed by atoms with Crippen LogP contribution in [0.1, 0.15) is 44.2 Å². The SMILES string of the molecule is CN(C(=O)CCN1CCN(C(=O)OC(C)(C)C)CC1)c1ccc(N=C(c2ccccc2)C2C(=O)Nc3cc(F)ccc32)cc1. The molecule has 5 rings (SSSR count). The number of anilines is 2. The largest absolute Gasteiger partial charge is 0.444 e. The van der Waals surface area contributed by atoms with Crippen molar-refractivity contribution in [3.63, 3.8) is 0 Å². The first-order valence-corrected chi connectivity index (χ1v) is 14.8. The van der Waals surface area contributed by atoms with E-state index in [9.17, 15) is 18.8 Å². The van der Waals surface area contributed by atoms with Gasteiger partial charge in [0.2, 0.25) is 11.8 Å². The fourth-order valence-corrected chi connectivity index (χ4v) is 5.35. The lowest BCUT2D eigenvalue weighted by atomic mass is 9.90. The van der Waals surface area contributed by atoms with E-state index in [4.69, 9.17) is 9.73 Å². The van der Waals surface area contributed by atoms with E-state index in [2.05, 4.69) is 10.2 Å². The van der Waals surface area contributed by atoms with Crippen LogP contribution in [0.15, 0.2) is 77.8 Å². The summed E-state index contributed by atoms with van der Waals surface area (Å²) in [5, 5.41) is 2.78. The Balaban J connectivity index is 1.23. The number of piperazine rings is 1. The van der Waals surface area contributed by atoms with Crippen molar-refractivity contribution in [3.8, 4) is 0 Å². The third kappa shape index (κ3) is 7.31. The van der Waals surface area contributed by atoms with Crippen LogP contribution in [0.2, 0.25) is 0 Å². The number of nitrogens with zero attached hydrogens (tertiary/aromatic N) is 4. The van der Waals surface area contributed by atoms with Crippen molar-refractivity contribution in [2.75, 3.05) is 50.0 Å². The number of fused-ring (bicyclic) bond motifs is 1. The average molecular weight is 600 g/mol. The lowest BCUT2D eigenvalue weighted by molar-refractivity contribution is -0.119. The van der Waals surface area contributed by atoms with Crippen molar-refractivity contribution < 1.29 is 23.5 Å². The highest BCUT2D eigenvalue weighted by molar-refractivity contribution is 6.24. The zero-order chi connectivity index (χ0) is 31.4. The molecule has 2 heterocycles. The molecule has 9 nitrogen and oxygen atoms in total. The summed E-state index contributed by atoms with van der Waals surface area (Å²) in [5.74, 6) is -1.39. The summed E-state index contributed by atoms with van der Waals surface area (Å²) < 4.78 is 19.3. The van der Waals surface area contributed by atoms with Gasteiger partial charge in [-0.15, -0.1) is 0 Å². The van der Waals surface area contributed by atoms with Crippen molar-refractivity contribution in [1.82, 2.24) is 9.80 Å². The van der Waals surface area contributed by atoms with Crippen LogP contribution < -0.4 is 10.2 Å². The van der Waals surface area contributed by atoms with Crippen LogP contribution in [0.5, 0.6) is 0 Å². The molecule has 1 unspecified atom stereocenters. The molecule has 10 heteroatoms. The third-order valence-corrected chi connectivity index (χ3v) is 7.72. The molecule has 3 aromatic rings. The Morgan fingerprint density at radius 2 is 1.68 bits per heavy atom. The highest BCUT2D eigenvalue weighted by atomic mass is 19.1. The Bertz CT molecular complexity index is 1540. The molecule has 1 saturated heterocycles. The van der Waals surface area contributed by atoms with E-state index in [1.807, 2.05) is 75.4 Å². The molecule has 44 heavy (non-hydrogen) atoms. The predicted octanol–water partition coefficient (Wildman–Crippen LogP) is 5.59. The van der Waals surface area contributed by atoms with E-state index >= 15 is 0 Å². The first-order valence-electron chi connectivity index (χ1n) is 14.8. The van der Waals surface area contributed by atoms with E-state index in [0.29, 0.717) is 61.8 Å². The molecule has 1 atom stereocenters. The minimum Gasteiger partial charge on any atom is -0.444 e. The summed E-state index contributed by atoms with van der Waals surface area (Å²) in [6.07, 6.45) is 0.0426. The molecule has 0 saturated carbocycles. The van der Waals surface area contributed by atoms with Crippen LogP contribution in [0.25, 0.3) is 0 Å². The van der Waals surface area contributed by atoms with Crippen LogP contribution in [-0.2, 0) is 14.3 Å². The van der Waals surface area contributed by atoms with Crippen molar-refractivity contribution in [2.24, 2.45) is 4.99 Å². The molecule has 0 radical (unpaired) electrons. The quantitative estimate of drug-likeness (QED) is 0.358. The molecular formula is C34H38FN5O4. The average Bonchev–Trinajstić information content (AvgIpc) is 3.32. The standard InChI is InChI=1S/C34H38FN5O4/c1-34(2,3)44-33(43)40-20-18-39(19-21-40)17-16-29(41)38(4)26-13-11-25(12-14-26)36-31(23-8-6-5-7-9-23)30-27-15-10-24(35)22-28(27)37-32(30)42/h5-15,22,30H,16-21H2,1-4H3,(H,37,42). The van der Waals surface area contributed by atoms with Gasteiger partial charge in [-0.2, -0.15) is 0 Å². The first-order chi connectivity index (χ1) is 21.0. The molecule has 1 fully saturated rings. The van der Waals surface area contributed by atoms with Crippen molar-refractivity contribution in [1.29, 1.82) is 0 Å². The summed E-state index contributed by atoms with van der Waals surface area (Å²) >= 11 is 0. The number of carbonyl (C=O) groups is 3. The van der Waals surface area contributed by atoms with E-state index in [-0.39, 0.29) is 17.9 Å². The predicted molar refractivity (Wildman–Crippen MR) is 169 cm³/mol. The van der Waals surface area contributed by atoms with Gasteiger partial charge >= 0.3 is 6.09 Å². The maximum atomic E-state index is 13.8. The number of hydrogen-bond acceptors (Lipinski definition) is 6. The van der Waals surface area contributed by atoms with Gasteiger partial charge in [0.05, 0.1) is 11.4 Å². The van der Waals surface area contributed by atoms with Crippen LogP contribution >= 0.6 is 0 Å². The molecule has 230 valence electrons. The normalized spacial score (nSPS) is 17.2. The topological polar surface area (TPSA) is 94.6 Å². The van der Waals surface area contributed by atoms with E-state index in [0.717, 1.165) is 11.3 Å². The number of aliphatic imine (C=N–C) groups is 1. The second-order valence-corrected chi connectivity index (χ2v) is 12.0. The van der Waals surface area contributed by atoms with E-state index in [1.54, 1.807) is 22.9 Å². The zero-order valence-electron chi connectivity index (χ0n) is 25.5. The Morgan fingerprint density at radius 1 is 1.00 bits per heavy atom. The summed E-state index contributed by atoms with van der Waals surface area (Å²) in [4.78, 5) is 48.8. The number of amides is 3. The van der Waals surface area contributed by atoms with Crippen LogP contribution in [0, 0.1) is 5.82 Å². The molecule has 0 bridgehead atoms. The van der Waals surface area contributed by atoms with Gasteiger partial charge < -0.3 is 19.9 Å². The van der Waals surface area contributed by atoms with E-state index < -0.39 is 17.3 Å². The number of hydrogen-bond donors (Lipinski definition) is 1. The van der Waals surface area contributed by atoms with Gasteiger partial charge in [-0.3, -0.25) is 19.5 Å². The molecule has 0 aliphatic carbocycles. The van der Waals surface area contributed by atoms with Gasteiger partial charge in [0.25, 0.3) is 0 Å². The van der Waals surface area contributed by atoms with Crippen LogP contribution in [0.4, 0.5) is 26.2 Å². The van der Waals surface area contributed by atoms with Gasteiger partial charge in [-0.25, -0.2) is 9.18 Å². The lowest BCUT2D eigenvalue weighted by Gasteiger charge is -2.35. The maximum absolute atomic E-state index is 13.8. The third-order valence-electron chi connectivity index (χ3n) is 7.72. The van der Waals surface area contributed by atoms with Gasteiger partial charge in [0.15, 0.2) is 0 Å². The number of benzene rings is 3. The number of halogens is 1. The Kier molecular flexibility index (Phi) is 9.10. The Hall–Kier alpha value is -4.57. The van der Waals surface area contributed by atoms with E-state index in [1.165, 1.54) is 12.1 Å².